The van der Waals surface area contributed by atoms with Crippen molar-refractivity contribution in [3.63, 3.8) is 0 Å². The Bertz CT molecular complexity index is 466. The van der Waals surface area contributed by atoms with Gasteiger partial charge in [-0.1, -0.05) is 15.9 Å². The van der Waals surface area contributed by atoms with Crippen molar-refractivity contribution in [3.8, 4) is 5.69 Å². The molecule has 72 valence electrons. The van der Waals surface area contributed by atoms with E-state index in [1.165, 1.54) is 0 Å². The lowest BCUT2D eigenvalue weighted by molar-refractivity contribution is 0.878. The minimum Gasteiger partial charge on any atom is -0.366 e. The fourth-order valence-corrected chi connectivity index (χ4v) is 1.83. The van der Waals surface area contributed by atoms with Crippen molar-refractivity contribution in [2.75, 3.05) is 5.73 Å². The van der Waals surface area contributed by atoms with Gasteiger partial charge >= 0.3 is 0 Å². The monoisotopic (exact) mass is 316 g/mol. The quantitative estimate of drug-likeness (QED) is 0.878. The fourth-order valence-electron chi connectivity index (χ4n) is 1.05. The summed E-state index contributed by atoms with van der Waals surface area (Å²) in [6.07, 6.45) is 1.57. The molecular formula is C8H6Br2N4. The Morgan fingerprint density at radius 1 is 1.29 bits per heavy atom. The Balaban J connectivity index is 2.55. The summed E-state index contributed by atoms with van der Waals surface area (Å²) in [6.45, 7) is 0. The number of aromatic nitrogens is 3. The van der Waals surface area contributed by atoms with E-state index >= 15 is 0 Å². The molecule has 2 N–H and O–H groups in total. The standard InChI is InChI=1S/C8H6Br2N4/c9-5-1-2-6(10)7(3-5)14-4-12-8(11)13-14/h1-4H,(H2,11,13). The first-order valence-corrected chi connectivity index (χ1v) is 5.38. The van der Waals surface area contributed by atoms with Crippen molar-refractivity contribution in [1.29, 1.82) is 0 Å². The average molecular weight is 318 g/mol. The van der Waals surface area contributed by atoms with Crippen LogP contribution >= 0.6 is 31.9 Å². The Morgan fingerprint density at radius 2 is 2.07 bits per heavy atom. The molecule has 0 fully saturated rings. The molecular weight excluding hydrogens is 312 g/mol. The van der Waals surface area contributed by atoms with Crippen LogP contribution in [0.3, 0.4) is 0 Å². The molecule has 1 aromatic heterocycles. The molecule has 0 spiro atoms. The fraction of sp³-hybridized carbons (Fsp3) is 0. The predicted molar refractivity (Wildman–Crippen MR) is 61.2 cm³/mol. The van der Waals surface area contributed by atoms with Gasteiger partial charge in [-0.3, -0.25) is 0 Å². The Kier molecular flexibility index (Phi) is 2.56. The van der Waals surface area contributed by atoms with E-state index in [1.807, 2.05) is 18.2 Å². The largest absolute Gasteiger partial charge is 0.366 e. The lowest BCUT2D eigenvalue weighted by Crippen LogP contribution is -1.97. The first kappa shape index (κ1) is 9.67. The normalized spacial score (nSPS) is 10.4. The lowest BCUT2D eigenvalue weighted by atomic mass is 10.3. The first-order chi connectivity index (χ1) is 6.66. The summed E-state index contributed by atoms with van der Waals surface area (Å²) >= 11 is 6.81. The number of nitrogen functional groups attached to an aromatic ring is 1. The van der Waals surface area contributed by atoms with E-state index in [1.54, 1.807) is 11.0 Å². The molecule has 1 aromatic carbocycles. The number of nitrogens with two attached hydrogens (primary N) is 1. The molecule has 2 rings (SSSR count). The van der Waals surface area contributed by atoms with Crippen LogP contribution in [0.15, 0.2) is 33.5 Å². The number of halogens is 2. The first-order valence-electron chi connectivity index (χ1n) is 3.79. The van der Waals surface area contributed by atoms with Gasteiger partial charge in [0.05, 0.1) is 5.69 Å². The molecule has 0 saturated heterocycles. The van der Waals surface area contributed by atoms with E-state index in [0.29, 0.717) is 0 Å². The zero-order valence-electron chi connectivity index (χ0n) is 6.98. The molecule has 0 amide bonds. The zero-order chi connectivity index (χ0) is 10.1. The van der Waals surface area contributed by atoms with E-state index in [-0.39, 0.29) is 5.95 Å². The van der Waals surface area contributed by atoms with Crippen molar-refractivity contribution in [1.82, 2.24) is 14.8 Å². The second kappa shape index (κ2) is 3.70. The van der Waals surface area contributed by atoms with Crippen LogP contribution in [0.2, 0.25) is 0 Å². The molecule has 0 bridgehead atoms. The molecule has 0 saturated carbocycles. The van der Waals surface area contributed by atoms with Crippen LogP contribution in [-0.2, 0) is 0 Å². The van der Waals surface area contributed by atoms with Crippen LogP contribution in [0.5, 0.6) is 0 Å². The van der Waals surface area contributed by atoms with Gasteiger partial charge in [-0.15, -0.1) is 5.10 Å². The molecule has 2 aromatic rings. The Morgan fingerprint density at radius 3 is 2.71 bits per heavy atom. The van der Waals surface area contributed by atoms with E-state index in [9.17, 15) is 0 Å². The highest BCUT2D eigenvalue weighted by Gasteiger charge is 2.04. The summed E-state index contributed by atoms with van der Waals surface area (Å²) in [5, 5.41) is 4.02. The molecule has 0 aliphatic rings. The van der Waals surface area contributed by atoms with Gasteiger partial charge < -0.3 is 5.73 Å². The summed E-state index contributed by atoms with van der Waals surface area (Å²) in [5.74, 6) is 0.261. The summed E-state index contributed by atoms with van der Waals surface area (Å²) in [5.41, 5.74) is 6.33. The number of rotatable bonds is 1. The maximum atomic E-state index is 5.43. The van der Waals surface area contributed by atoms with Crippen LogP contribution in [0.25, 0.3) is 5.69 Å². The summed E-state index contributed by atoms with van der Waals surface area (Å²) in [7, 11) is 0. The van der Waals surface area contributed by atoms with Gasteiger partial charge in [-0.05, 0) is 34.1 Å². The van der Waals surface area contributed by atoms with E-state index < -0.39 is 0 Å². The molecule has 4 nitrogen and oxygen atoms in total. The maximum Gasteiger partial charge on any atom is 0.239 e. The third kappa shape index (κ3) is 1.80. The molecule has 0 radical (unpaired) electrons. The molecule has 0 unspecified atom stereocenters. The second-order valence-electron chi connectivity index (χ2n) is 2.64. The summed E-state index contributed by atoms with van der Waals surface area (Å²) < 4.78 is 3.53. The maximum absolute atomic E-state index is 5.43. The van der Waals surface area contributed by atoms with Gasteiger partial charge in [0.15, 0.2) is 0 Å². The van der Waals surface area contributed by atoms with E-state index in [4.69, 9.17) is 5.73 Å². The van der Waals surface area contributed by atoms with Gasteiger partial charge in [0, 0.05) is 8.95 Å². The Hall–Kier alpha value is -0.880. The summed E-state index contributed by atoms with van der Waals surface area (Å²) in [4.78, 5) is 3.86. The number of benzene rings is 1. The highest BCUT2D eigenvalue weighted by Crippen LogP contribution is 2.24. The third-order valence-electron chi connectivity index (χ3n) is 1.66. The van der Waals surface area contributed by atoms with Crippen molar-refractivity contribution < 1.29 is 0 Å². The van der Waals surface area contributed by atoms with Crippen LogP contribution in [0.4, 0.5) is 5.95 Å². The van der Waals surface area contributed by atoms with Gasteiger partial charge in [0.2, 0.25) is 5.95 Å². The summed E-state index contributed by atoms with van der Waals surface area (Å²) in [6, 6.07) is 5.79. The number of hydrogen-bond donors (Lipinski definition) is 1. The number of nitrogens with zero attached hydrogens (tertiary/aromatic N) is 3. The average Bonchev–Trinajstić information content (AvgIpc) is 2.56. The molecule has 1 heterocycles. The van der Waals surface area contributed by atoms with Gasteiger partial charge in [0.1, 0.15) is 6.33 Å². The molecule has 0 atom stereocenters. The van der Waals surface area contributed by atoms with Crippen molar-refractivity contribution >= 4 is 37.8 Å². The van der Waals surface area contributed by atoms with Crippen molar-refractivity contribution in [2.24, 2.45) is 0 Å². The zero-order valence-corrected chi connectivity index (χ0v) is 10.2. The topological polar surface area (TPSA) is 56.7 Å². The van der Waals surface area contributed by atoms with Gasteiger partial charge in [-0.25, -0.2) is 9.67 Å². The predicted octanol–water partition coefficient (Wildman–Crippen LogP) is 2.37. The van der Waals surface area contributed by atoms with E-state index in [2.05, 4.69) is 41.9 Å². The smallest absolute Gasteiger partial charge is 0.239 e. The number of anilines is 1. The Labute approximate surface area is 97.4 Å². The molecule has 14 heavy (non-hydrogen) atoms. The highest BCUT2D eigenvalue weighted by atomic mass is 79.9. The second-order valence-corrected chi connectivity index (χ2v) is 4.41. The minimum absolute atomic E-state index is 0.261. The van der Waals surface area contributed by atoms with Crippen LogP contribution < -0.4 is 5.73 Å². The SMILES string of the molecule is Nc1ncn(-c2cc(Br)ccc2Br)n1. The third-order valence-corrected chi connectivity index (χ3v) is 2.83. The number of hydrogen-bond acceptors (Lipinski definition) is 3. The van der Waals surface area contributed by atoms with Crippen LogP contribution in [0.1, 0.15) is 0 Å². The minimum atomic E-state index is 0.261. The van der Waals surface area contributed by atoms with Crippen molar-refractivity contribution in [3.05, 3.63) is 33.5 Å². The van der Waals surface area contributed by atoms with Crippen LogP contribution in [-0.4, -0.2) is 14.8 Å². The van der Waals surface area contributed by atoms with Gasteiger partial charge in [0.25, 0.3) is 0 Å². The lowest BCUT2D eigenvalue weighted by Gasteiger charge is -2.03. The van der Waals surface area contributed by atoms with Crippen LogP contribution in [0, 0.1) is 0 Å². The van der Waals surface area contributed by atoms with E-state index in [0.717, 1.165) is 14.6 Å². The van der Waals surface area contributed by atoms with Gasteiger partial charge in [-0.2, -0.15) is 0 Å². The molecule has 0 aliphatic heterocycles. The molecule has 6 heteroatoms. The molecule has 0 aliphatic carbocycles. The highest BCUT2D eigenvalue weighted by molar-refractivity contribution is 9.11. The van der Waals surface area contributed by atoms with Crippen molar-refractivity contribution in [2.45, 2.75) is 0 Å².